The predicted octanol–water partition coefficient (Wildman–Crippen LogP) is 2.91. The summed E-state index contributed by atoms with van der Waals surface area (Å²) >= 11 is 6.00. The summed E-state index contributed by atoms with van der Waals surface area (Å²) in [5.41, 5.74) is 1.01. The first kappa shape index (κ1) is 14.1. The first-order chi connectivity index (χ1) is 10.1. The van der Waals surface area contributed by atoms with Crippen molar-refractivity contribution in [1.82, 2.24) is 9.78 Å². The van der Waals surface area contributed by atoms with Crippen LogP contribution in [-0.2, 0) is 6.54 Å². The molecule has 1 aliphatic rings. The predicted molar refractivity (Wildman–Crippen MR) is 80.2 cm³/mol. The van der Waals surface area contributed by atoms with E-state index in [0.717, 1.165) is 12.5 Å². The Hall–Kier alpha value is -1.88. The number of anilines is 1. The van der Waals surface area contributed by atoms with E-state index in [1.165, 1.54) is 41.8 Å². The highest BCUT2D eigenvalue weighted by Gasteiger charge is 2.20. The maximum absolute atomic E-state index is 13.2. The van der Waals surface area contributed by atoms with Crippen LogP contribution >= 0.6 is 11.6 Å². The van der Waals surface area contributed by atoms with E-state index in [4.69, 9.17) is 11.6 Å². The highest BCUT2D eigenvalue weighted by molar-refractivity contribution is 6.31. The van der Waals surface area contributed by atoms with E-state index < -0.39 is 0 Å². The van der Waals surface area contributed by atoms with Gasteiger partial charge in [-0.2, -0.15) is 5.10 Å². The van der Waals surface area contributed by atoms with E-state index in [9.17, 15) is 9.18 Å². The second-order valence-electron chi connectivity index (χ2n) is 5.30. The van der Waals surface area contributed by atoms with E-state index in [1.54, 1.807) is 6.20 Å². The molecule has 2 aromatic rings. The van der Waals surface area contributed by atoms with Crippen molar-refractivity contribution in [3.05, 3.63) is 57.2 Å². The molecule has 0 spiro atoms. The second-order valence-corrected chi connectivity index (χ2v) is 5.71. The van der Waals surface area contributed by atoms with Crippen LogP contribution in [0.5, 0.6) is 0 Å². The lowest BCUT2D eigenvalue weighted by Gasteiger charge is -2.09. The highest BCUT2D eigenvalue weighted by Crippen LogP contribution is 2.28. The maximum Gasteiger partial charge on any atom is 0.269 e. The Labute approximate surface area is 126 Å². The Morgan fingerprint density at radius 3 is 2.90 bits per heavy atom. The van der Waals surface area contributed by atoms with Crippen molar-refractivity contribution in [1.29, 1.82) is 0 Å². The van der Waals surface area contributed by atoms with Gasteiger partial charge in [0.15, 0.2) is 0 Å². The molecule has 1 heterocycles. The van der Waals surface area contributed by atoms with Gasteiger partial charge in [0.2, 0.25) is 0 Å². The molecule has 0 unspecified atom stereocenters. The van der Waals surface area contributed by atoms with Crippen LogP contribution in [0.2, 0.25) is 5.02 Å². The monoisotopic (exact) mass is 307 g/mol. The fourth-order valence-corrected chi connectivity index (χ4v) is 2.24. The van der Waals surface area contributed by atoms with Crippen LogP contribution in [0.4, 0.5) is 10.1 Å². The molecule has 110 valence electrons. The zero-order chi connectivity index (χ0) is 14.8. The van der Waals surface area contributed by atoms with Crippen molar-refractivity contribution in [3.8, 4) is 0 Å². The molecule has 1 saturated carbocycles. The smallest absolute Gasteiger partial charge is 0.269 e. The summed E-state index contributed by atoms with van der Waals surface area (Å²) in [6.45, 7) is 1.03. The van der Waals surface area contributed by atoms with Crippen molar-refractivity contribution in [2.45, 2.75) is 19.4 Å². The summed E-state index contributed by atoms with van der Waals surface area (Å²) in [6.07, 6.45) is 4.10. The number of rotatable bonds is 5. The van der Waals surface area contributed by atoms with Crippen molar-refractivity contribution in [3.63, 3.8) is 0 Å². The van der Waals surface area contributed by atoms with E-state index >= 15 is 0 Å². The number of aromatic nitrogens is 2. The number of hydrogen-bond donors (Lipinski definition) is 1. The zero-order valence-electron chi connectivity index (χ0n) is 11.4. The van der Waals surface area contributed by atoms with Crippen molar-refractivity contribution in [2.75, 3.05) is 11.9 Å². The molecule has 1 aromatic heterocycles. The van der Waals surface area contributed by atoms with Gasteiger partial charge in [0.25, 0.3) is 5.56 Å². The van der Waals surface area contributed by atoms with Gasteiger partial charge in [-0.25, -0.2) is 9.07 Å². The molecule has 0 atom stereocenters. The zero-order valence-corrected chi connectivity index (χ0v) is 12.1. The second kappa shape index (κ2) is 5.85. The summed E-state index contributed by atoms with van der Waals surface area (Å²) in [6, 6.07) is 5.58. The van der Waals surface area contributed by atoms with E-state index in [0.29, 0.717) is 16.3 Å². The summed E-state index contributed by atoms with van der Waals surface area (Å²) in [4.78, 5) is 12.0. The molecule has 1 aromatic carbocycles. The van der Waals surface area contributed by atoms with Crippen LogP contribution < -0.4 is 10.9 Å². The molecule has 21 heavy (non-hydrogen) atoms. The fraction of sp³-hybridized carbons (Fsp3) is 0.333. The molecule has 0 saturated heterocycles. The van der Waals surface area contributed by atoms with Crippen LogP contribution in [0, 0.1) is 11.7 Å². The molecule has 4 nitrogen and oxygen atoms in total. The molecule has 3 rings (SSSR count). The number of benzene rings is 1. The van der Waals surface area contributed by atoms with Crippen LogP contribution in [0.3, 0.4) is 0 Å². The van der Waals surface area contributed by atoms with E-state index in [2.05, 4.69) is 10.4 Å². The minimum atomic E-state index is -0.384. The van der Waals surface area contributed by atoms with E-state index in [-0.39, 0.29) is 17.9 Å². The van der Waals surface area contributed by atoms with Gasteiger partial charge in [0.1, 0.15) is 5.82 Å². The molecule has 0 aliphatic heterocycles. The Balaban J connectivity index is 1.75. The summed E-state index contributed by atoms with van der Waals surface area (Å²) in [7, 11) is 0. The number of halogens is 2. The highest BCUT2D eigenvalue weighted by atomic mass is 35.5. The van der Waals surface area contributed by atoms with Gasteiger partial charge in [-0.3, -0.25) is 4.79 Å². The molecular weight excluding hydrogens is 293 g/mol. The first-order valence-electron chi connectivity index (χ1n) is 6.87. The molecular formula is C15H15ClFN3O. The van der Waals surface area contributed by atoms with Gasteiger partial charge < -0.3 is 5.32 Å². The Kier molecular flexibility index (Phi) is 3.92. The third kappa shape index (κ3) is 3.61. The standard InChI is InChI=1S/C15H15ClFN3O/c16-14-4-3-12(17)5-11(14)9-20-15(21)6-13(8-19-20)18-7-10-1-2-10/h3-6,8,10,18H,1-2,7,9H2. The third-order valence-electron chi connectivity index (χ3n) is 3.49. The fourth-order valence-electron chi connectivity index (χ4n) is 2.06. The van der Waals surface area contributed by atoms with Gasteiger partial charge in [0.05, 0.1) is 18.4 Å². The lowest BCUT2D eigenvalue weighted by molar-refractivity contribution is 0.611. The summed E-state index contributed by atoms with van der Waals surface area (Å²) in [5.74, 6) is 0.337. The first-order valence-corrected chi connectivity index (χ1v) is 7.24. The lowest BCUT2D eigenvalue weighted by Crippen LogP contribution is -2.23. The number of hydrogen-bond acceptors (Lipinski definition) is 3. The quantitative estimate of drug-likeness (QED) is 0.924. The van der Waals surface area contributed by atoms with Gasteiger partial charge in [0, 0.05) is 17.6 Å². The maximum atomic E-state index is 13.2. The molecule has 1 N–H and O–H groups in total. The van der Waals surface area contributed by atoms with Crippen molar-refractivity contribution in [2.24, 2.45) is 5.92 Å². The molecule has 0 bridgehead atoms. The third-order valence-corrected chi connectivity index (χ3v) is 3.86. The SMILES string of the molecule is O=c1cc(NCC2CC2)cnn1Cc1cc(F)ccc1Cl. The average molecular weight is 308 g/mol. The van der Waals surface area contributed by atoms with Crippen LogP contribution in [0.25, 0.3) is 0 Å². The van der Waals surface area contributed by atoms with Crippen molar-refractivity contribution < 1.29 is 4.39 Å². The summed E-state index contributed by atoms with van der Waals surface area (Å²) in [5, 5.41) is 7.72. The van der Waals surface area contributed by atoms with Crippen LogP contribution in [0.1, 0.15) is 18.4 Å². The Bertz CT molecular complexity index is 712. The molecule has 1 aliphatic carbocycles. The van der Waals surface area contributed by atoms with Crippen molar-refractivity contribution >= 4 is 17.3 Å². The van der Waals surface area contributed by atoms with E-state index in [1.807, 2.05) is 0 Å². The van der Waals surface area contributed by atoms with Gasteiger partial charge in [-0.05, 0) is 42.5 Å². The molecule has 1 fully saturated rings. The number of nitrogens with one attached hydrogen (secondary N) is 1. The normalized spacial score (nSPS) is 14.2. The molecule has 0 amide bonds. The Morgan fingerprint density at radius 2 is 2.19 bits per heavy atom. The van der Waals surface area contributed by atoms with Crippen LogP contribution in [0.15, 0.2) is 35.3 Å². The minimum absolute atomic E-state index is 0.151. The largest absolute Gasteiger partial charge is 0.383 e. The molecule has 0 radical (unpaired) electrons. The minimum Gasteiger partial charge on any atom is -0.383 e. The van der Waals surface area contributed by atoms with Crippen LogP contribution in [-0.4, -0.2) is 16.3 Å². The topological polar surface area (TPSA) is 46.9 Å². The molecule has 6 heteroatoms. The number of nitrogens with zero attached hydrogens (tertiary/aromatic N) is 2. The summed E-state index contributed by atoms with van der Waals surface area (Å²) < 4.78 is 14.5. The van der Waals surface area contributed by atoms with Gasteiger partial charge >= 0.3 is 0 Å². The lowest BCUT2D eigenvalue weighted by atomic mass is 10.2. The average Bonchev–Trinajstić information content (AvgIpc) is 3.27. The van der Waals surface area contributed by atoms with Gasteiger partial charge in [-0.15, -0.1) is 0 Å². The van der Waals surface area contributed by atoms with Gasteiger partial charge in [-0.1, -0.05) is 11.6 Å². The Morgan fingerprint density at radius 1 is 1.38 bits per heavy atom.